The number of aliphatic carboxylic acids is 1. The standard InChI is InChI=1S/C14H20BrNO2/c1-8-7-9(2)14(15)10(3)13(8)11(16)5-4-6-12(17)18/h7,11H,4-6,16H2,1-3H3,(H,17,18). The summed E-state index contributed by atoms with van der Waals surface area (Å²) in [5.41, 5.74) is 10.9. The normalized spacial score (nSPS) is 12.5. The number of rotatable bonds is 5. The van der Waals surface area contributed by atoms with Crippen molar-refractivity contribution in [3.63, 3.8) is 0 Å². The van der Waals surface area contributed by atoms with Crippen LogP contribution in [0.4, 0.5) is 0 Å². The summed E-state index contributed by atoms with van der Waals surface area (Å²) in [6.07, 6.45) is 1.49. The van der Waals surface area contributed by atoms with Crippen molar-refractivity contribution in [3.8, 4) is 0 Å². The lowest BCUT2D eigenvalue weighted by atomic mass is 9.92. The number of nitrogens with two attached hydrogens (primary N) is 1. The fourth-order valence-electron chi connectivity index (χ4n) is 2.36. The Hall–Kier alpha value is -0.870. The molecule has 0 amide bonds. The predicted molar refractivity (Wildman–Crippen MR) is 76.8 cm³/mol. The third-order valence-corrected chi connectivity index (χ3v) is 4.43. The molecule has 0 aliphatic rings. The summed E-state index contributed by atoms with van der Waals surface area (Å²) in [7, 11) is 0. The van der Waals surface area contributed by atoms with E-state index in [1.165, 1.54) is 11.1 Å². The van der Waals surface area contributed by atoms with Crippen LogP contribution in [-0.2, 0) is 4.79 Å². The van der Waals surface area contributed by atoms with Crippen molar-refractivity contribution in [2.45, 2.75) is 46.1 Å². The number of aryl methyl sites for hydroxylation is 2. The van der Waals surface area contributed by atoms with E-state index in [4.69, 9.17) is 10.8 Å². The number of hydrogen-bond acceptors (Lipinski definition) is 2. The molecule has 0 aliphatic carbocycles. The molecule has 1 unspecified atom stereocenters. The molecule has 1 atom stereocenters. The number of carboxylic acid groups (broad SMARTS) is 1. The summed E-state index contributed by atoms with van der Waals surface area (Å²) < 4.78 is 1.09. The summed E-state index contributed by atoms with van der Waals surface area (Å²) >= 11 is 3.57. The first-order valence-electron chi connectivity index (χ1n) is 6.08. The third kappa shape index (κ3) is 3.56. The van der Waals surface area contributed by atoms with E-state index in [-0.39, 0.29) is 12.5 Å². The fourth-order valence-corrected chi connectivity index (χ4v) is 2.69. The number of carboxylic acids is 1. The van der Waals surface area contributed by atoms with Crippen LogP contribution in [0.3, 0.4) is 0 Å². The average molecular weight is 314 g/mol. The number of benzene rings is 1. The minimum atomic E-state index is -0.763. The molecule has 1 rings (SSSR count). The SMILES string of the molecule is Cc1cc(C)c(C(N)CCCC(=O)O)c(C)c1Br. The van der Waals surface area contributed by atoms with Crippen molar-refractivity contribution in [2.75, 3.05) is 0 Å². The zero-order valence-corrected chi connectivity index (χ0v) is 12.7. The molecule has 3 nitrogen and oxygen atoms in total. The van der Waals surface area contributed by atoms with Crippen LogP contribution in [0.15, 0.2) is 10.5 Å². The number of hydrogen-bond donors (Lipinski definition) is 2. The maximum atomic E-state index is 10.5. The second-order valence-corrected chi connectivity index (χ2v) is 5.55. The first kappa shape index (κ1) is 15.2. The summed E-state index contributed by atoms with van der Waals surface area (Å²) in [6.45, 7) is 6.17. The van der Waals surface area contributed by atoms with Gasteiger partial charge in [-0.1, -0.05) is 22.0 Å². The summed E-state index contributed by atoms with van der Waals surface area (Å²) in [4.78, 5) is 10.5. The van der Waals surface area contributed by atoms with Gasteiger partial charge in [-0.05, 0) is 55.9 Å². The Morgan fingerprint density at radius 1 is 1.39 bits per heavy atom. The Kier molecular flexibility index (Phi) is 5.35. The molecule has 0 aliphatic heterocycles. The second-order valence-electron chi connectivity index (χ2n) is 4.76. The highest BCUT2D eigenvalue weighted by Gasteiger charge is 2.15. The van der Waals surface area contributed by atoms with Gasteiger partial charge in [0.15, 0.2) is 0 Å². The Bertz CT molecular complexity index is 458. The van der Waals surface area contributed by atoms with Gasteiger partial charge in [0, 0.05) is 16.9 Å². The molecule has 0 radical (unpaired) electrons. The molecule has 0 fully saturated rings. The highest BCUT2D eigenvalue weighted by molar-refractivity contribution is 9.10. The lowest BCUT2D eigenvalue weighted by Crippen LogP contribution is -2.14. The molecular weight excluding hydrogens is 294 g/mol. The number of carbonyl (C=O) groups is 1. The van der Waals surface area contributed by atoms with Gasteiger partial charge in [-0.3, -0.25) is 4.79 Å². The zero-order valence-electron chi connectivity index (χ0n) is 11.1. The lowest BCUT2D eigenvalue weighted by molar-refractivity contribution is -0.137. The Balaban J connectivity index is 2.89. The molecule has 1 aromatic carbocycles. The molecule has 1 aromatic rings. The molecule has 3 N–H and O–H groups in total. The zero-order chi connectivity index (χ0) is 13.9. The maximum absolute atomic E-state index is 10.5. The van der Waals surface area contributed by atoms with Gasteiger partial charge in [0.25, 0.3) is 0 Å². The van der Waals surface area contributed by atoms with Crippen molar-refractivity contribution < 1.29 is 9.90 Å². The van der Waals surface area contributed by atoms with E-state index in [1.807, 2.05) is 0 Å². The summed E-state index contributed by atoms with van der Waals surface area (Å²) in [6, 6.07) is 2.02. The van der Waals surface area contributed by atoms with Gasteiger partial charge in [0.2, 0.25) is 0 Å². The molecule has 0 bridgehead atoms. The van der Waals surface area contributed by atoms with Crippen LogP contribution in [0.5, 0.6) is 0 Å². The predicted octanol–water partition coefficient (Wildman–Crippen LogP) is 3.63. The first-order valence-corrected chi connectivity index (χ1v) is 6.87. The molecule has 0 saturated carbocycles. The van der Waals surface area contributed by atoms with Crippen LogP contribution < -0.4 is 5.73 Å². The van der Waals surface area contributed by atoms with E-state index in [9.17, 15) is 4.79 Å². The lowest BCUT2D eigenvalue weighted by Gasteiger charge is -2.19. The average Bonchev–Trinajstić information content (AvgIpc) is 2.25. The first-order chi connectivity index (χ1) is 8.34. The van der Waals surface area contributed by atoms with E-state index in [2.05, 4.69) is 42.8 Å². The Labute approximate surface area is 117 Å². The van der Waals surface area contributed by atoms with Crippen molar-refractivity contribution in [1.82, 2.24) is 0 Å². The highest BCUT2D eigenvalue weighted by atomic mass is 79.9. The second kappa shape index (κ2) is 6.34. The van der Waals surface area contributed by atoms with Gasteiger partial charge < -0.3 is 10.8 Å². The van der Waals surface area contributed by atoms with E-state index >= 15 is 0 Å². The van der Waals surface area contributed by atoms with Gasteiger partial charge in [0.1, 0.15) is 0 Å². The van der Waals surface area contributed by atoms with Crippen molar-refractivity contribution in [2.24, 2.45) is 5.73 Å². The molecule has 100 valence electrons. The Morgan fingerprint density at radius 2 is 2.00 bits per heavy atom. The van der Waals surface area contributed by atoms with Gasteiger partial charge in [-0.2, -0.15) is 0 Å². The Morgan fingerprint density at radius 3 is 2.56 bits per heavy atom. The molecule has 0 aromatic heterocycles. The van der Waals surface area contributed by atoms with Gasteiger partial charge in [0.05, 0.1) is 0 Å². The molecule has 4 heteroatoms. The van der Waals surface area contributed by atoms with Gasteiger partial charge in [-0.25, -0.2) is 0 Å². The van der Waals surface area contributed by atoms with Gasteiger partial charge >= 0.3 is 5.97 Å². The van der Waals surface area contributed by atoms with E-state index in [0.717, 1.165) is 15.6 Å². The molecule has 0 saturated heterocycles. The highest BCUT2D eigenvalue weighted by Crippen LogP contribution is 2.31. The van der Waals surface area contributed by atoms with E-state index in [1.54, 1.807) is 0 Å². The van der Waals surface area contributed by atoms with Gasteiger partial charge in [-0.15, -0.1) is 0 Å². The van der Waals surface area contributed by atoms with Crippen LogP contribution in [0.25, 0.3) is 0 Å². The van der Waals surface area contributed by atoms with Crippen molar-refractivity contribution in [1.29, 1.82) is 0 Å². The quantitative estimate of drug-likeness (QED) is 0.872. The van der Waals surface area contributed by atoms with Crippen LogP contribution in [-0.4, -0.2) is 11.1 Å². The number of halogens is 1. The van der Waals surface area contributed by atoms with Crippen LogP contribution in [0.1, 0.15) is 47.6 Å². The molecule has 18 heavy (non-hydrogen) atoms. The smallest absolute Gasteiger partial charge is 0.303 e. The van der Waals surface area contributed by atoms with E-state index in [0.29, 0.717) is 12.8 Å². The largest absolute Gasteiger partial charge is 0.481 e. The summed E-state index contributed by atoms with van der Waals surface area (Å²) in [5, 5.41) is 8.64. The van der Waals surface area contributed by atoms with Crippen LogP contribution in [0.2, 0.25) is 0 Å². The molecular formula is C14H20BrNO2. The van der Waals surface area contributed by atoms with Crippen molar-refractivity contribution in [3.05, 3.63) is 32.8 Å². The fraction of sp³-hybridized carbons (Fsp3) is 0.500. The topological polar surface area (TPSA) is 63.3 Å². The van der Waals surface area contributed by atoms with Crippen LogP contribution >= 0.6 is 15.9 Å². The van der Waals surface area contributed by atoms with Crippen LogP contribution in [0, 0.1) is 20.8 Å². The minimum Gasteiger partial charge on any atom is -0.481 e. The minimum absolute atomic E-state index is 0.0961. The molecule has 0 heterocycles. The third-order valence-electron chi connectivity index (χ3n) is 3.21. The summed E-state index contributed by atoms with van der Waals surface area (Å²) in [5.74, 6) is -0.763. The van der Waals surface area contributed by atoms with E-state index < -0.39 is 5.97 Å². The molecule has 0 spiro atoms. The van der Waals surface area contributed by atoms with Crippen molar-refractivity contribution >= 4 is 21.9 Å². The monoisotopic (exact) mass is 313 g/mol. The maximum Gasteiger partial charge on any atom is 0.303 e.